The standard InChI is InChI=1S/C15H20N2O4/c1-8-13(21-9(2)16-8)14(18)17-11-6-4-3-5-10(11)7-12(17)15(19)20/h10-12H,3-7H2,1-2H3,(H,19,20)/t10-,11+,12-/m0/s1. The van der Waals surface area contributed by atoms with Crippen molar-refractivity contribution in [2.45, 2.75) is 58.0 Å². The maximum Gasteiger partial charge on any atom is 0.326 e. The van der Waals surface area contributed by atoms with Gasteiger partial charge >= 0.3 is 5.97 Å². The largest absolute Gasteiger partial charge is 0.480 e. The van der Waals surface area contributed by atoms with Crippen molar-refractivity contribution in [1.82, 2.24) is 9.88 Å². The molecule has 0 aromatic carbocycles. The second kappa shape index (κ2) is 5.16. The Morgan fingerprint density at radius 2 is 2.00 bits per heavy atom. The number of hydrogen-bond acceptors (Lipinski definition) is 4. The SMILES string of the molecule is Cc1nc(C)c(C(=O)N2[C@@H]3CCCC[C@H]3C[C@H]2C(=O)O)o1. The normalized spacial score (nSPS) is 28.5. The van der Waals surface area contributed by atoms with E-state index in [0.717, 1.165) is 25.7 Å². The average molecular weight is 292 g/mol. The van der Waals surface area contributed by atoms with E-state index in [4.69, 9.17) is 4.42 Å². The molecule has 0 bridgehead atoms. The molecule has 2 aliphatic rings. The number of rotatable bonds is 2. The van der Waals surface area contributed by atoms with Crippen LogP contribution in [0.4, 0.5) is 0 Å². The zero-order chi connectivity index (χ0) is 15.1. The first kappa shape index (κ1) is 14.1. The van der Waals surface area contributed by atoms with Crippen LogP contribution in [0.5, 0.6) is 0 Å². The number of nitrogens with zero attached hydrogens (tertiary/aromatic N) is 2. The molecule has 6 heteroatoms. The van der Waals surface area contributed by atoms with Gasteiger partial charge in [0.15, 0.2) is 5.89 Å². The van der Waals surface area contributed by atoms with Gasteiger partial charge in [0, 0.05) is 13.0 Å². The molecule has 0 spiro atoms. The minimum atomic E-state index is -0.924. The minimum absolute atomic E-state index is 0.0251. The maximum absolute atomic E-state index is 12.8. The number of oxazole rings is 1. The molecule has 1 saturated heterocycles. The van der Waals surface area contributed by atoms with Crippen molar-refractivity contribution < 1.29 is 19.1 Å². The number of hydrogen-bond donors (Lipinski definition) is 1. The Kier molecular flexibility index (Phi) is 3.47. The van der Waals surface area contributed by atoms with Gasteiger partial charge in [-0.15, -0.1) is 0 Å². The van der Waals surface area contributed by atoms with Crippen LogP contribution in [0.2, 0.25) is 0 Å². The van der Waals surface area contributed by atoms with Crippen LogP contribution in [0, 0.1) is 19.8 Å². The molecule has 1 N–H and O–H groups in total. The second-order valence-corrected chi connectivity index (χ2v) is 6.06. The summed E-state index contributed by atoms with van der Waals surface area (Å²) >= 11 is 0. The van der Waals surface area contributed by atoms with Gasteiger partial charge in [0.2, 0.25) is 5.76 Å². The van der Waals surface area contributed by atoms with Gasteiger partial charge in [-0.05, 0) is 32.1 Å². The molecule has 1 aliphatic heterocycles. The van der Waals surface area contributed by atoms with Gasteiger partial charge in [-0.3, -0.25) is 4.79 Å². The van der Waals surface area contributed by atoms with Gasteiger partial charge in [-0.1, -0.05) is 12.8 Å². The molecule has 114 valence electrons. The van der Waals surface area contributed by atoms with E-state index in [0.29, 0.717) is 23.9 Å². The molecule has 0 radical (unpaired) electrons. The summed E-state index contributed by atoms with van der Waals surface area (Å²) in [5, 5.41) is 9.46. The van der Waals surface area contributed by atoms with Crippen molar-refractivity contribution in [2.75, 3.05) is 0 Å². The van der Waals surface area contributed by atoms with Gasteiger partial charge in [-0.2, -0.15) is 0 Å². The third-order valence-corrected chi connectivity index (χ3v) is 4.71. The van der Waals surface area contributed by atoms with Crippen LogP contribution in [0.25, 0.3) is 0 Å². The summed E-state index contributed by atoms with van der Waals surface area (Å²) in [7, 11) is 0. The lowest BCUT2D eigenvalue weighted by atomic mass is 9.84. The second-order valence-electron chi connectivity index (χ2n) is 6.06. The highest BCUT2D eigenvalue weighted by molar-refractivity contribution is 5.95. The molecule has 1 aromatic heterocycles. The number of carbonyl (C=O) groups excluding carboxylic acids is 1. The number of aromatic nitrogens is 1. The monoisotopic (exact) mass is 292 g/mol. The number of aliphatic carboxylic acids is 1. The van der Waals surface area contributed by atoms with Crippen LogP contribution in [0.3, 0.4) is 0 Å². The van der Waals surface area contributed by atoms with Crippen molar-refractivity contribution in [3.63, 3.8) is 0 Å². The van der Waals surface area contributed by atoms with E-state index < -0.39 is 12.0 Å². The van der Waals surface area contributed by atoms with E-state index in [9.17, 15) is 14.7 Å². The van der Waals surface area contributed by atoms with E-state index in [1.165, 1.54) is 0 Å². The highest BCUT2D eigenvalue weighted by Crippen LogP contribution is 2.40. The summed E-state index contributed by atoms with van der Waals surface area (Å²) in [6.07, 6.45) is 4.61. The lowest BCUT2D eigenvalue weighted by Gasteiger charge is -2.32. The third-order valence-electron chi connectivity index (χ3n) is 4.71. The molecule has 1 saturated carbocycles. The first-order valence-electron chi connectivity index (χ1n) is 7.48. The molecule has 2 fully saturated rings. The van der Waals surface area contributed by atoms with E-state index >= 15 is 0 Å². The van der Waals surface area contributed by atoms with Crippen LogP contribution in [-0.2, 0) is 4.79 Å². The summed E-state index contributed by atoms with van der Waals surface area (Å²) in [5.74, 6) is -0.332. The van der Waals surface area contributed by atoms with Gasteiger partial charge < -0.3 is 14.4 Å². The Hall–Kier alpha value is -1.85. The van der Waals surface area contributed by atoms with Gasteiger partial charge in [0.25, 0.3) is 5.91 Å². The predicted molar refractivity (Wildman–Crippen MR) is 73.9 cm³/mol. The summed E-state index contributed by atoms with van der Waals surface area (Å²) < 4.78 is 5.40. The fraction of sp³-hybridized carbons (Fsp3) is 0.667. The van der Waals surface area contributed by atoms with Crippen LogP contribution in [-0.4, -0.2) is 39.0 Å². The predicted octanol–water partition coefficient (Wildman–Crippen LogP) is 2.15. The molecule has 3 rings (SSSR count). The van der Waals surface area contributed by atoms with Crippen molar-refractivity contribution in [1.29, 1.82) is 0 Å². The van der Waals surface area contributed by atoms with Crippen LogP contribution in [0.1, 0.15) is 54.2 Å². The molecule has 2 heterocycles. The zero-order valence-electron chi connectivity index (χ0n) is 12.3. The number of carboxylic acid groups (broad SMARTS) is 1. The first-order chi connectivity index (χ1) is 9.99. The summed E-state index contributed by atoms with van der Waals surface area (Å²) in [6, 6.07) is -0.715. The number of amides is 1. The molecule has 1 amide bonds. The van der Waals surface area contributed by atoms with Crippen LogP contribution in [0.15, 0.2) is 4.42 Å². The average Bonchev–Trinajstić information content (AvgIpc) is 2.98. The molecule has 21 heavy (non-hydrogen) atoms. The van der Waals surface area contributed by atoms with Crippen molar-refractivity contribution in [3.05, 3.63) is 17.3 Å². The lowest BCUT2D eigenvalue weighted by molar-refractivity contribution is -0.141. The molecular formula is C15H20N2O4. The Labute approximate surface area is 123 Å². The Morgan fingerprint density at radius 3 is 2.62 bits per heavy atom. The summed E-state index contributed by atoms with van der Waals surface area (Å²) in [6.45, 7) is 3.40. The van der Waals surface area contributed by atoms with Crippen LogP contribution < -0.4 is 0 Å². The minimum Gasteiger partial charge on any atom is -0.480 e. The Bertz CT molecular complexity index is 580. The van der Waals surface area contributed by atoms with Crippen molar-refractivity contribution in [2.24, 2.45) is 5.92 Å². The van der Waals surface area contributed by atoms with Gasteiger partial charge in [-0.25, -0.2) is 9.78 Å². The van der Waals surface area contributed by atoms with E-state index in [1.807, 2.05) is 0 Å². The quantitative estimate of drug-likeness (QED) is 0.903. The van der Waals surface area contributed by atoms with Crippen LogP contribution >= 0.6 is 0 Å². The van der Waals surface area contributed by atoms with Crippen molar-refractivity contribution >= 4 is 11.9 Å². The van der Waals surface area contributed by atoms with Gasteiger partial charge in [0.1, 0.15) is 6.04 Å². The highest BCUT2D eigenvalue weighted by Gasteiger charge is 2.48. The lowest BCUT2D eigenvalue weighted by Crippen LogP contribution is -2.46. The number of likely N-dealkylation sites (tertiary alicyclic amines) is 1. The Morgan fingerprint density at radius 1 is 1.29 bits per heavy atom. The summed E-state index contributed by atoms with van der Waals surface area (Å²) in [5.41, 5.74) is 0.529. The number of aryl methyl sites for hydroxylation is 2. The van der Waals surface area contributed by atoms with E-state index in [1.54, 1.807) is 18.7 Å². The zero-order valence-corrected chi connectivity index (χ0v) is 12.3. The summed E-state index contributed by atoms with van der Waals surface area (Å²) in [4.78, 5) is 30.0. The first-order valence-corrected chi connectivity index (χ1v) is 7.48. The third kappa shape index (κ3) is 2.32. The number of carbonyl (C=O) groups is 2. The fourth-order valence-corrected chi connectivity index (χ4v) is 3.82. The molecule has 3 atom stereocenters. The van der Waals surface area contributed by atoms with Crippen molar-refractivity contribution in [3.8, 4) is 0 Å². The van der Waals surface area contributed by atoms with Gasteiger partial charge in [0.05, 0.1) is 5.69 Å². The number of carboxylic acids is 1. The molecule has 6 nitrogen and oxygen atoms in total. The number of fused-ring (bicyclic) bond motifs is 1. The molecule has 1 aromatic rings. The smallest absolute Gasteiger partial charge is 0.326 e. The van der Waals surface area contributed by atoms with E-state index in [2.05, 4.69) is 4.98 Å². The molecular weight excluding hydrogens is 272 g/mol. The Balaban J connectivity index is 1.94. The fourth-order valence-electron chi connectivity index (χ4n) is 3.82. The maximum atomic E-state index is 12.8. The van der Waals surface area contributed by atoms with E-state index in [-0.39, 0.29) is 17.7 Å². The topological polar surface area (TPSA) is 83.6 Å². The molecule has 1 aliphatic carbocycles. The highest BCUT2D eigenvalue weighted by atomic mass is 16.4. The molecule has 0 unspecified atom stereocenters.